The summed E-state index contributed by atoms with van der Waals surface area (Å²) in [6.07, 6.45) is 2.72. The summed E-state index contributed by atoms with van der Waals surface area (Å²) in [5.74, 6) is 0.306. The molecular weight excluding hydrogens is 300 g/mol. The number of hydrogen-bond donors (Lipinski definition) is 2. The largest absolute Gasteiger partial charge is 0.508 e. The third-order valence-electron chi connectivity index (χ3n) is 3.68. The number of anilines is 1. The molecule has 2 aromatic rings. The smallest absolute Gasteiger partial charge is 0.175 e. The first-order chi connectivity index (χ1) is 10.4. The van der Waals surface area contributed by atoms with E-state index in [1.54, 1.807) is 36.4 Å². The van der Waals surface area contributed by atoms with Crippen LogP contribution in [0.2, 0.25) is 0 Å². The Bertz CT molecular complexity index is 840. The minimum atomic E-state index is -3.19. The molecule has 2 aromatic carbocycles. The van der Waals surface area contributed by atoms with Crippen LogP contribution in [0.25, 0.3) is 0 Å². The lowest BCUT2D eigenvalue weighted by Crippen LogP contribution is -2.01. The molecule has 0 aliphatic heterocycles. The molecule has 0 amide bonds. The van der Waals surface area contributed by atoms with E-state index in [1.807, 2.05) is 6.07 Å². The average molecular weight is 316 g/mol. The SMILES string of the molecule is CS(=O)(=O)c1ccc(NN=C2CCc3c(O)cccc32)cc1. The maximum absolute atomic E-state index is 11.4. The highest BCUT2D eigenvalue weighted by Gasteiger charge is 2.20. The van der Waals surface area contributed by atoms with Crippen LogP contribution in [0.1, 0.15) is 17.5 Å². The number of phenols is 1. The molecule has 3 rings (SSSR count). The molecule has 0 atom stereocenters. The predicted molar refractivity (Wildman–Crippen MR) is 86.1 cm³/mol. The molecule has 0 unspecified atom stereocenters. The summed E-state index contributed by atoms with van der Waals surface area (Å²) in [5, 5.41) is 14.2. The van der Waals surface area contributed by atoms with Crippen molar-refractivity contribution in [3.8, 4) is 5.75 Å². The molecule has 2 N–H and O–H groups in total. The molecule has 0 heterocycles. The van der Waals surface area contributed by atoms with Gasteiger partial charge in [0, 0.05) is 17.4 Å². The minimum absolute atomic E-state index is 0.279. The van der Waals surface area contributed by atoms with Crippen LogP contribution in [0.15, 0.2) is 52.5 Å². The summed E-state index contributed by atoms with van der Waals surface area (Å²) in [6.45, 7) is 0. The van der Waals surface area contributed by atoms with Crippen LogP contribution in [0, 0.1) is 0 Å². The Labute approximate surface area is 129 Å². The van der Waals surface area contributed by atoms with Crippen molar-refractivity contribution in [2.45, 2.75) is 17.7 Å². The Balaban J connectivity index is 1.80. The molecule has 0 spiro atoms. The standard InChI is InChI=1S/C16H16N2O3S/c1-22(20,21)12-7-5-11(6-8-12)17-18-15-10-9-14-13(15)3-2-4-16(14)19/h2-8,17,19H,9-10H2,1H3. The summed E-state index contributed by atoms with van der Waals surface area (Å²) in [5.41, 5.74) is 6.43. The van der Waals surface area contributed by atoms with Gasteiger partial charge in [-0.3, -0.25) is 5.43 Å². The first-order valence-corrected chi connectivity index (χ1v) is 8.78. The van der Waals surface area contributed by atoms with Crippen LogP contribution in [0.4, 0.5) is 5.69 Å². The molecule has 0 fully saturated rings. The second-order valence-electron chi connectivity index (χ2n) is 5.27. The van der Waals surface area contributed by atoms with Crippen molar-refractivity contribution >= 4 is 21.2 Å². The lowest BCUT2D eigenvalue weighted by atomic mass is 10.1. The van der Waals surface area contributed by atoms with Gasteiger partial charge in [-0.15, -0.1) is 0 Å². The molecule has 1 aliphatic rings. The molecule has 0 saturated heterocycles. The molecule has 0 radical (unpaired) electrons. The number of fused-ring (bicyclic) bond motifs is 1. The summed E-state index contributed by atoms with van der Waals surface area (Å²) < 4.78 is 22.8. The maximum atomic E-state index is 11.4. The van der Waals surface area contributed by atoms with Gasteiger partial charge in [-0.2, -0.15) is 5.10 Å². The van der Waals surface area contributed by atoms with Gasteiger partial charge in [0.2, 0.25) is 0 Å². The molecule has 0 saturated carbocycles. The molecule has 6 heteroatoms. The van der Waals surface area contributed by atoms with Crippen molar-refractivity contribution in [2.75, 3.05) is 11.7 Å². The monoisotopic (exact) mass is 316 g/mol. The van der Waals surface area contributed by atoms with Crippen LogP contribution >= 0.6 is 0 Å². The number of nitrogens with zero attached hydrogens (tertiary/aromatic N) is 1. The van der Waals surface area contributed by atoms with E-state index < -0.39 is 9.84 Å². The Morgan fingerprint density at radius 1 is 1.09 bits per heavy atom. The lowest BCUT2D eigenvalue weighted by molar-refractivity contribution is 0.469. The fourth-order valence-electron chi connectivity index (χ4n) is 2.51. The van der Waals surface area contributed by atoms with Gasteiger partial charge in [-0.1, -0.05) is 12.1 Å². The highest BCUT2D eigenvalue weighted by atomic mass is 32.2. The van der Waals surface area contributed by atoms with Gasteiger partial charge < -0.3 is 5.11 Å². The number of rotatable bonds is 3. The summed E-state index contributed by atoms with van der Waals surface area (Å²) in [7, 11) is -3.19. The number of benzene rings is 2. The van der Waals surface area contributed by atoms with E-state index in [0.29, 0.717) is 11.4 Å². The van der Waals surface area contributed by atoms with Crippen LogP contribution < -0.4 is 5.43 Å². The van der Waals surface area contributed by atoms with E-state index in [4.69, 9.17) is 0 Å². The summed E-state index contributed by atoms with van der Waals surface area (Å²) >= 11 is 0. The van der Waals surface area contributed by atoms with Crippen LogP contribution in [-0.4, -0.2) is 25.5 Å². The molecule has 5 nitrogen and oxygen atoms in total. The third kappa shape index (κ3) is 2.82. The van der Waals surface area contributed by atoms with Crippen LogP contribution in [0.3, 0.4) is 0 Å². The average Bonchev–Trinajstić information content (AvgIpc) is 2.89. The zero-order chi connectivity index (χ0) is 15.7. The molecule has 0 aromatic heterocycles. The second-order valence-corrected chi connectivity index (χ2v) is 7.29. The van der Waals surface area contributed by atoms with Crippen molar-refractivity contribution in [3.05, 3.63) is 53.6 Å². The third-order valence-corrected chi connectivity index (χ3v) is 4.80. The fourth-order valence-corrected chi connectivity index (χ4v) is 3.14. The van der Waals surface area contributed by atoms with Crippen LogP contribution in [-0.2, 0) is 16.3 Å². The van der Waals surface area contributed by atoms with E-state index in [0.717, 1.165) is 29.7 Å². The minimum Gasteiger partial charge on any atom is -0.508 e. The normalized spacial score (nSPS) is 15.8. The van der Waals surface area contributed by atoms with E-state index >= 15 is 0 Å². The maximum Gasteiger partial charge on any atom is 0.175 e. The van der Waals surface area contributed by atoms with E-state index in [-0.39, 0.29) is 4.90 Å². The Hall–Kier alpha value is -2.34. The molecule has 22 heavy (non-hydrogen) atoms. The number of hydrogen-bond acceptors (Lipinski definition) is 5. The lowest BCUT2D eigenvalue weighted by Gasteiger charge is -2.05. The second kappa shape index (κ2) is 5.46. The molecule has 114 valence electrons. The van der Waals surface area contributed by atoms with Gasteiger partial charge in [0.05, 0.1) is 16.3 Å². The van der Waals surface area contributed by atoms with Gasteiger partial charge in [0.25, 0.3) is 0 Å². The number of phenolic OH excluding ortho intramolecular Hbond substituents is 1. The van der Waals surface area contributed by atoms with Gasteiger partial charge in [0.15, 0.2) is 9.84 Å². The fraction of sp³-hybridized carbons (Fsp3) is 0.188. The van der Waals surface area contributed by atoms with Gasteiger partial charge >= 0.3 is 0 Å². The highest BCUT2D eigenvalue weighted by molar-refractivity contribution is 7.90. The van der Waals surface area contributed by atoms with Crippen molar-refractivity contribution < 1.29 is 13.5 Å². The van der Waals surface area contributed by atoms with Gasteiger partial charge in [0.1, 0.15) is 5.75 Å². The number of hydrazone groups is 1. The van der Waals surface area contributed by atoms with Gasteiger partial charge in [-0.05, 0) is 43.2 Å². The summed E-state index contributed by atoms with van der Waals surface area (Å²) in [4.78, 5) is 0.279. The first-order valence-electron chi connectivity index (χ1n) is 6.89. The topological polar surface area (TPSA) is 78.8 Å². The number of aromatic hydroxyl groups is 1. The molecular formula is C16H16N2O3S. The van der Waals surface area contributed by atoms with E-state index in [9.17, 15) is 13.5 Å². The van der Waals surface area contributed by atoms with Crippen molar-refractivity contribution in [1.29, 1.82) is 0 Å². The van der Waals surface area contributed by atoms with Crippen molar-refractivity contribution in [1.82, 2.24) is 0 Å². The first kappa shape index (κ1) is 14.6. The predicted octanol–water partition coefficient (Wildman–Crippen LogP) is 2.56. The van der Waals surface area contributed by atoms with Crippen molar-refractivity contribution in [3.63, 3.8) is 0 Å². The number of nitrogens with one attached hydrogen (secondary N) is 1. The molecule has 0 bridgehead atoms. The van der Waals surface area contributed by atoms with Gasteiger partial charge in [-0.25, -0.2) is 8.42 Å². The quantitative estimate of drug-likeness (QED) is 0.853. The van der Waals surface area contributed by atoms with Crippen molar-refractivity contribution in [2.24, 2.45) is 5.10 Å². The highest BCUT2D eigenvalue weighted by Crippen LogP contribution is 2.30. The van der Waals surface area contributed by atoms with E-state index in [1.165, 1.54) is 6.26 Å². The number of sulfone groups is 1. The zero-order valence-electron chi connectivity index (χ0n) is 12.1. The zero-order valence-corrected chi connectivity index (χ0v) is 12.9. The molecule has 1 aliphatic carbocycles. The van der Waals surface area contributed by atoms with Crippen LogP contribution in [0.5, 0.6) is 5.75 Å². The van der Waals surface area contributed by atoms with E-state index in [2.05, 4.69) is 10.5 Å². The Morgan fingerprint density at radius 2 is 1.82 bits per heavy atom. The Kier molecular flexibility index (Phi) is 3.62. The Morgan fingerprint density at radius 3 is 2.50 bits per heavy atom. The summed E-state index contributed by atoms with van der Waals surface area (Å²) in [6, 6.07) is 11.9.